The molecule has 2 fully saturated rings. The number of rotatable bonds is 5. The first-order valence-electron chi connectivity index (χ1n) is 14.0. The van der Waals surface area contributed by atoms with Gasteiger partial charge in [-0.15, -0.1) is 0 Å². The second-order valence-electron chi connectivity index (χ2n) is 11.1. The van der Waals surface area contributed by atoms with Crippen molar-refractivity contribution in [1.29, 1.82) is 0 Å². The number of hydrogen-bond donors (Lipinski definition) is 1. The summed E-state index contributed by atoms with van der Waals surface area (Å²) in [6.45, 7) is 3.24. The fourth-order valence-corrected chi connectivity index (χ4v) is 6.42. The summed E-state index contributed by atoms with van der Waals surface area (Å²) in [6.07, 6.45) is 6.97. The van der Waals surface area contributed by atoms with Crippen LogP contribution < -0.4 is 5.32 Å². The van der Waals surface area contributed by atoms with Crippen molar-refractivity contribution in [3.63, 3.8) is 0 Å². The van der Waals surface area contributed by atoms with Crippen LogP contribution in [-0.2, 0) is 22.7 Å². The number of fused-ring (bicyclic) bond motifs is 2. The van der Waals surface area contributed by atoms with Gasteiger partial charge in [0.2, 0.25) is 11.8 Å². The molecule has 0 radical (unpaired) electrons. The monoisotopic (exact) mass is 533 g/mol. The van der Waals surface area contributed by atoms with E-state index in [9.17, 15) is 14.4 Å². The van der Waals surface area contributed by atoms with Crippen molar-refractivity contribution in [3.8, 4) is 11.1 Å². The Hall–Kier alpha value is -4.30. The number of pyridine rings is 1. The van der Waals surface area contributed by atoms with Crippen molar-refractivity contribution in [1.82, 2.24) is 24.5 Å². The Morgan fingerprint density at radius 1 is 0.900 bits per heavy atom. The average molecular weight is 534 g/mol. The van der Waals surface area contributed by atoms with Crippen LogP contribution in [0.2, 0.25) is 0 Å². The maximum atomic E-state index is 13.0. The first kappa shape index (κ1) is 24.7. The number of carbonyl (C=O) groups is 3. The minimum atomic E-state index is -0.575. The van der Waals surface area contributed by atoms with Gasteiger partial charge in [-0.05, 0) is 78.7 Å². The third-order valence-corrected chi connectivity index (χ3v) is 8.61. The lowest BCUT2D eigenvalue weighted by Crippen LogP contribution is -2.52. The van der Waals surface area contributed by atoms with E-state index in [2.05, 4.69) is 75.5 Å². The molecule has 3 aliphatic rings. The minimum absolute atomic E-state index is 0.116. The summed E-state index contributed by atoms with van der Waals surface area (Å²) < 4.78 is 2.10. The number of carbonyl (C=O) groups excluding carboxylic acids is 3. The Bertz CT molecular complexity index is 1620. The molecule has 3 amide bonds. The summed E-state index contributed by atoms with van der Waals surface area (Å²) in [5.74, 6) is -0.310. The molecule has 4 aromatic rings. The van der Waals surface area contributed by atoms with Gasteiger partial charge in [0.05, 0.1) is 5.69 Å². The highest BCUT2D eigenvalue weighted by Gasteiger charge is 2.39. The molecule has 7 rings (SSSR count). The Labute approximate surface area is 232 Å². The number of aromatic nitrogens is 2. The van der Waals surface area contributed by atoms with Crippen LogP contribution in [0.4, 0.5) is 0 Å². The van der Waals surface area contributed by atoms with Crippen molar-refractivity contribution in [2.24, 2.45) is 0 Å². The van der Waals surface area contributed by atoms with Gasteiger partial charge in [0.15, 0.2) is 0 Å². The van der Waals surface area contributed by atoms with Gasteiger partial charge in [0, 0.05) is 37.5 Å². The van der Waals surface area contributed by atoms with Gasteiger partial charge in [-0.3, -0.25) is 24.6 Å². The summed E-state index contributed by atoms with van der Waals surface area (Å²) in [6, 6.07) is 20.2. The number of imide groups is 1. The van der Waals surface area contributed by atoms with Crippen LogP contribution >= 0.6 is 0 Å². The highest BCUT2D eigenvalue weighted by atomic mass is 16.2. The lowest BCUT2D eigenvalue weighted by molar-refractivity contribution is -0.136. The molecule has 8 heteroatoms. The predicted molar refractivity (Wildman–Crippen MR) is 150 cm³/mol. The van der Waals surface area contributed by atoms with E-state index < -0.39 is 6.04 Å². The zero-order chi connectivity index (χ0) is 27.2. The highest BCUT2D eigenvalue weighted by Crippen LogP contribution is 2.34. The van der Waals surface area contributed by atoms with E-state index in [0.717, 1.165) is 49.4 Å². The number of amides is 3. The van der Waals surface area contributed by atoms with Crippen LogP contribution in [0.25, 0.3) is 16.8 Å². The molecule has 1 atom stereocenters. The minimum Gasteiger partial charge on any atom is -0.322 e. The van der Waals surface area contributed by atoms with E-state index >= 15 is 0 Å². The van der Waals surface area contributed by atoms with E-state index in [-0.39, 0.29) is 24.1 Å². The first-order valence-corrected chi connectivity index (χ1v) is 14.0. The predicted octanol–water partition coefficient (Wildman–Crippen LogP) is 4.14. The van der Waals surface area contributed by atoms with Crippen LogP contribution in [0.15, 0.2) is 73.1 Å². The van der Waals surface area contributed by atoms with Gasteiger partial charge in [-0.2, -0.15) is 0 Å². The molecule has 1 unspecified atom stereocenters. The van der Waals surface area contributed by atoms with Crippen molar-refractivity contribution in [2.45, 2.75) is 50.7 Å². The molecule has 1 N–H and O–H groups in total. The third kappa shape index (κ3) is 4.58. The number of piperidine rings is 2. The third-order valence-electron chi connectivity index (χ3n) is 8.61. The lowest BCUT2D eigenvalue weighted by Gasteiger charge is -2.31. The zero-order valence-corrected chi connectivity index (χ0v) is 22.3. The summed E-state index contributed by atoms with van der Waals surface area (Å²) in [4.78, 5) is 45.9. The Balaban J connectivity index is 0.987. The standard InChI is InChI=1S/C32H31N5O3/c38-30-9-8-28(31(39)34-30)37-18-25-16-23(6-7-27(25)32(37)40)22-10-13-35(14-11-22)19-26-20-36-15-12-24(17-29(36)33-26)21-4-2-1-3-5-21/h1-7,12,15-17,20,22,28H,8-11,13-14,18-19H2,(H,34,38,39). The molecule has 5 heterocycles. The largest absolute Gasteiger partial charge is 0.322 e. The molecule has 0 saturated carbocycles. The van der Waals surface area contributed by atoms with E-state index in [0.29, 0.717) is 24.4 Å². The van der Waals surface area contributed by atoms with Gasteiger partial charge in [0.25, 0.3) is 5.91 Å². The Kier molecular flexibility index (Phi) is 6.20. The number of hydrogen-bond acceptors (Lipinski definition) is 5. The smallest absolute Gasteiger partial charge is 0.255 e. The van der Waals surface area contributed by atoms with Gasteiger partial charge < -0.3 is 9.30 Å². The number of imidazole rings is 1. The topological polar surface area (TPSA) is 87.0 Å². The quantitative estimate of drug-likeness (QED) is 0.390. The van der Waals surface area contributed by atoms with Gasteiger partial charge >= 0.3 is 0 Å². The fraction of sp³-hybridized carbons (Fsp3) is 0.312. The molecule has 3 aliphatic heterocycles. The summed E-state index contributed by atoms with van der Waals surface area (Å²) in [5, 5.41) is 2.37. The molecular weight excluding hydrogens is 502 g/mol. The van der Waals surface area contributed by atoms with E-state index in [1.807, 2.05) is 12.1 Å². The summed E-state index contributed by atoms with van der Waals surface area (Å²) in [7, 11) is 0. The normalized spacial score (nSPS) is 20.2. The molecule has 0 aliphatic carbocycles. The van der Waals surface area contributed by atoms with Crippen LogP contribution in [0.3, 0.4) is 0 Å². The number of nitrogens with one attached hydrogen (secondary N) is 1. The van der Waals surface area contributed by atoms with E-state index in [1.54, 1.807) is 4.90 Å². The number of nitrogens with zero attached hydrogens (tertiary/aromatic N) is 4. The molecule has 202 valence electrons. The second kappa shape index (κ2) is 10.0. The van der Waals surface area contributed by atoms with Gasteiger partial charge in [-0.1, -0.05) is 42.5 Å². The lowest BCUT2D eigenvalue weighted by atomic mass is 9.88. The van der Waals surface area contributed by atoms with Crippen molar-refractivity contribution < 1.29 is 14.4 Å². The van der Waals surface area contributed by atoms with Crippen LogP contribution in [0.5, 0.6) is 0 Å². The molecule has 40 heavy (non-hydrogen) atoms. The SMILES string of the molecule is O=C1CCC(N2Cc3cc(C4CCN(Cc5cn6ccc(-c7ccccc7)cc6n5)CC4)ccc3C2=O)C(=O)N1. The van der Waals surface area contributed by atoms with Gasteiger partial charge in [0.1, 0.15) is 11.7 Å². The van der Waals surface area contributed by atoms with Crippen molar-refractivity contribution in [3.05, 3.63) is 95.4 Å². The highest BCUT2D eigenvalue weighted by molar-refractivity contribution is 6.05. The van der Waals surface area contributed by atoms with Crippen LogP contribution in [0, 0.1) is 0 Å². The molecule has 2 aromatic heterocycles. The Morgan fingerprint density at radius 2 is 1.73 bits per heavy atom. The average Bonchev–Trinajstić information content (AvgIpc) is 3.53. The maximum absolute atomic E-state index is 13.0. The van der Waals surface area contributed by atoms with Gasteiger partial charge in [-0.25, -0.2) is 4.98 Å². The molecule has 0 spiro atoms. The fourth-order valence-electron chi connectivity index (χ4n) is 6.42. The molecule has 8 nitrogen and oxygen atoms in total. The Morgan fingerprint density at radius 3 is 2.52 bits per heavy atom. The summed E-state index contributed by atoms with van der Waals surface area (Å²) in [5.41, 5.74) is 7.32. The zero-order valence-electron chi connectivity index (χ0n) is 22.3. The van der Waals surface area contributed by atoms with Crippen LogP contribution in [0.1, 0.15) is 58.8 Å². The van der Waals surface area contributed by atoms with E-state index in [4.69, 9.17) is 4.98 Å². The molecular formula is C32H31N5O3. The van der Waals surface area contributed by atoms with Crippen molar-refractivity contribution >= 4 is 23.4 Å². The number of benzene rings is 2. The van der Waals surface area contributed by atoms with E-state index in [1.165, 1.54) is 16.7 Å². The second-order valence-corrected chi connectivity index (χ2v) is 11.1. The number of likely N-dealkylation sites (tertiary alicyclic amines) is 1. The molecule has 2 aromatic carbocycles. The van der Waals surface area contributed by atoms with Crippen molar-refractivity contribution in [2.75, 3.05) is 13.1 Å². The molecule has 2 saturated heterocycles. The first-order chi connectivity index (χ1) is 19.5. The molecule has 0 bridgehead atoms. The summed E-state index contributed by atoms with van der Waals surface area (Å²) >= 11 is 0. The van der Waals surface area contributed by atoms with Crippen LogP contribution in [-0.4, -0.2) is 56.0 Å². The maximum Gasteiger partial charge on any atom is 0.255 e.